The molecular weight excluding hydrogens is 301 g/mol. The van der Waals surface area contributed by atoms with Crippen LogP contribution in [-0.4, -0.2) is 13.1 Å². The number of nitrogens with one attached hydrogen (secondary N) is 1. The van der Waals surface area contributed by atoms with E-state index < -0.39 is 0 Å². The molecule has 0 bridgehead atoms. The lowest BCUT2D eigenvalue weighted by Gasteiger charge is -2.38. The van der Waals surface area contributed by atoms with Crippen molar-refractivity contribution in [2.24, 2.45) is 11.3 Å². The highest BCUT2D eigenvalue weighted by Crippen LogP contribution is 2.41. The lowest BCUT2D eigenvalue weighted by molar-refractivity contribution is 0.179. The third kappa shape index (κ3) is 4.87. The average Bonchev–Trinajstić information content (AvgIpc) is 2.44. The van der Waals surface area contributed by atoms with Crippen LogP contribution in [-0.2, 0) is 6.42 Å². The van der Waals surface area contributed by atoms with Crippen LogP contribution in [0.15, 0.2) is 18.2 Å². The van der Waals surface area contributed by atoms with Crippen molar-refractivity contribution in [3.63, 3.8) is 0 Å². The Bertz CT molecular complexity index is 451. The van der Waals surface area contributed by atoms with E-state index in [1.165, 1.54) is 37.7 Å². The summed E-state index contributed by atoms with van der Waals surface area (Å²) in [7, 11) is 0. The van der Waals surface area contributed by atoms with Gasteiger partial charge in [-0.25, -0.2) is 0 Å². The Labute approximate surface area is 139 Å². The Kier molecular flexibility index (Phi) is 6.40. The van der Waals surface area contributed by atoms with E-state index in [1.807, 2.05) is 12.1 Å². The van der Waals surface area contributed by atoms with Gasteiger partial charge in [-0.1, -0.05) is 68.4 Å². The predicted molar refractivity (Wildman–Crippen MR) is 93.4 cm³/mol. The molecule has 2 rings (SSSR count). The molecule has 118 valence electrons. The first-order chi connectivity index (χ1) is 10.0. The average molecular weight is 328 g/mol. The number of rotatable bonds is 6. The maximum atomic E-state index is 6.41. The van der Waals surface area contributed by atoms with Crippen molar-refractivity contribution < 1.29 is 0 Å². The maximum Gasteiger partial charge on any atom is 0.0624 e. The summed E-state index contributed by atoms with van der Waals surface area (Å²) in [6.07, 6.45) is 7.66. The fourth-order valence-electron chi connectivity index (χ4n) is 3.43. The quantitative estimate of drug-likeness (QED) is 0.703. The zero-order valence-electron chi connectivity index (χ0n) is 13.2. The molecule has 1 aliphatic rings. The van der Waals surface area contributed by atoms with Gasteiger partial charge in [-0.15, -0.1) is 0 Å². The van der Waals surface area contributed by atoms with Gasteiger partial charge in [-0.05, 0) is 48.8 Å². The smallest absolute Gasteiger partial charge is 0.0624 e. The molecule has 1 aromatic rings. The molecule has 1 nitrogen and oxygen atoms in total. The summed E-state index contributed by atoms with van der Waals surface area (Å²) < 4.78 is 0. The molecule has 0 spiro atoms. The van der Waals surface area contributed by atoms with Crippen LogP contribution in [0.2, 0.25) is 10.0 Å². The molecule has 1 N–H and O–H groups in total. The largest absolute Gasteiger partial charge is 0.316 e. The molecule has 0 aliphatic heterocycles. The maximum absolute atomic E-state index is 6.41. The summed E-state index contributed by atoms with van der Waals surface area (Å²) in [5.41, 5.74) is 1.55. The summed E-state index contributed by atoms with van der Waals surface area (Å²) in [6.45, 7) is 6.70. The summed E-state index contributed by atoms with van der Waals surface area (Å²) in [4.78, 5) is 0. The van der Waals surface area contributed by atoms with Gasteiger partial charge in [0.1, 0.15) is 0 Å². The van der Waals surface area contributed by atoms with E-state index in [0.29, 0.717) is 16.4 Å². The Balaban J connectivity index is 2.10. The highest BCUT2D eigenvalue weighted by molar-refractivity contribution is 6.42. The topological polar surface area (TPSA) is 12.0 Å². The van der Waals surface area contributed by atoms with Crippen LogP contribution in [0.1, 0.15) is 51.5 Å². The molecule has 1 saturated carbocycles. The fraction of sp³-hybridized carbons (Fsp3) is 0.667. The van der Waals surface area contributed by atoms with E-state index in [0.717, 1.165) is 24.5 Å². The molecule has 0 aromatic heterocycles. The highest BCUT2D eigenvalue weighted by Gasteiger charge is 2.32. The third-order valence-electron chi connectivity index (χ3n) is 4.56. The van der Waals surface area contributed by atoms with E-state index in [9.17, 15) is 0 Å². The second-order valence-corrected chi connectivity index (χ2v) is 7.76. The number of halogens is 2. The molecule has 1 aromatic carbocycles. The van der Waals surface area contributed by atoms with Gasteiger partial charge in [0, 0.05) is 6.54 Å². The van der Waals surface area contributed by atoms with Gasteiger partial charge in [0.05, 0.1) is 10.0 Å². The van der Waals surface area contributed by atoms with Crippen molar-refractivity contribution in [1.29, 1.82) is 0 Å². The van der Waals surface area contributed by atoms with Crippen molar-refractivity contribution in [3.05, 3.63) is 33.8 Å². The molecule has 0 radical (unpaired) electrons. The van der Waals surface area contributed by atoms with Crippen molar-refractivity contribution in [3.8, 4) is 0 Å². The molecule has 0 atom stereocenters. The summed E-state index contributed by atoms with van der Waals surface area (Å²) in [5, 5.41) is 5.09. The summed E-state index contributed by atoms with van der Waals surface area (Å²) in [6, 6.07) is 6.02. The monoisotopic (exact) mass is 327 g/mol. The van der Waals surface area contributed by atoms with Crippen LogP contribution in [0.3, 0.4) is 0 Å². The molecule has 1 fully saturated rings. The van der Waals surface area contributed by atoms with Gasteiger partial charge in [-0.3, -0.25) is 0 Å². The third-order valence-corrected chi connectivity index (χ3v) is 5.42. The van der Waals surface area contributed by atoms with E-state index >= 15 is 0 Å². The molecule has 1 aliphatic carbocycles. The minimum absolute atomic E-state index is 0.349. The van der Waals surface area contributed by atoms with Crippen LogP contribution in [0.25, 0.3) is 0 Å². The van der Waals surface area contributed by atoms with Crippen molar-refractivity contribution in [2.75, 3.05) is 13.1 Å². The molecule has 0 unspecified atom stereocenters. The van der Waals surface area contributed by atoms with Gasteiger partial charge >= 0.3 is 0 Å². The Morgan fingerprint density at radius 3 is 2.52 bits per heavy atom. The predicted octanol–water partition coefficient (Wildman–Crippen LogP) is 5.73. The van der Waals surface area contributed by atoms with Gasteiger partial charge in [0.15, 0.2) is 0 Å². The van der Waals surface area contributed by atoms with Crippen LogP contribution >= 0.6 is 23.2 Å². The lowest BCUT2D eigenvalue weighted by atomic mass is 9.70. The SMILES string of the molecule is CC(C)CNCC1(Cc2cccc(Cl)c2Cl)CCCCC1. The van der Waals surface area contributed by atoms with E-state index in [2.05, 4.69) is 25.2 Å². The second-order valence-electron chi connectivity index (χ2n) is 6.98. The minimum atomic E-state index is 0.349. The van der Waals surface area contributed by atoms with Crippen molar-refractivity contribution in [2.45, 2.75) is 52.4 Å². The Morgan fingerprint density at radius 1 is 1.14 bits per heavy atom. The first-order valence-electron chi connectivity index (χ1n) is 8.16. The van der Waals surface area contributed by atoms with Crippen molar-refractivity contribution >= 4 is 23.2 Å². The minimum Gasteiger partial charge on any atom is -0.316 e. The van der Waals surface area contributed by atoms with Crippen LogP contribution in [0.4, 0.5) is 0 Å². The molecular formula is C18H27Cl2N. The zero-order chi connectivity index (χ0) is 15.3. The summed E-state index contributed by atoms with van der Waals surface area (Å²) in [5.74, 6) is 0.695. The van der Waals surface area contributed by atoms with Crippen LogP contribution in [0.5, 0.6) is 0 Å². The first kappa shape index (κ1) is 17.1. The second kappa shape index (κ2) is 7.85. The number of benzene rings is 1. The Morgan fingerprint density at radius 2 is 1.86 bits per heavy atom. The van der Waals surface area contributed by atoms with E-state index in [-0.39, 0.29) is 0 Å². The van der Waals surface area contributed by atoms with Gasteiger partial charge in [-0.2, -0.15) is 0 Å². The normalized spacial score (nSPS) is 18.1. The van der Waals surface area contributed by atoms with Crippen LogP contribution in [0, 0.1) is 11.3 Å². The highest BCUT2D eigenvalue weighted by atomic mass is 35.5. The van der Waals surface area contributed by atoms with E-state index in [4.69, 9.17) is 23.2 Å². The number of hydrogen-bond donors (Lipinski definition) is 1. The first-order valence-corrected chi connectivity index (χ1v) is 8.92. The summed E-state index contributed by atoms with van der Waals surface area (Å²) >= 11 is 12.6. The Hall–Kier alpha value is -0.240. The molecule has 3 heteroatoms. The molecule has 0 saturated heterocycles. The zero-order valence-corrected chi connectivity index (χ0v) is 14.7. The molecule has 0 heterocycles. The molecule has 0 amide bonds. The van der Waals surface area contributed by atoms with Gasteiger partial charge < -0.3 is 5.32 Å². The van der Waals surface area contributed by atoms with Crippen LogP contribution < -0.4 is 5.32 Å². The fourth-order valence-corrected chi connectivity index (χ4v) is 3.82. The standard InChI is InChI=1S/C18H27Cl2N/c1-14(2)12-21-13-18(9-4-3-5-10-18)11-15-7-6-8-16(19)17(15)20/h6-8,14,21H,3-5,9-13H2,1-2H3. The number of hydrogen-bond acceptors (Lipinski definition) is 1. The van der Waals surface area contributed by atoms with E-state index in [1.54, 1.807) is 0 Å². The van der Waals surface area contributed by atoms with Gasteiger partial charge in [0.25, 0.3) is 0 Å². The molecule has 21 heavy (non-hydrogen) atoms. The lowest BCUT2D eigenvalue weighted by Crippen LogP contribution is -2.39. The van der Waals surface area contributed by atoms with Crippen molar-refractivity contribution in [1.82, 2.24) is 5.32 Å². The van der Waals surface area contributed by atoms with Gasteiger partial charge in [0.2, 0.25) is 0 Å².